The molecule has 0 fully saturated rings. The molecule has 0 aliphatic carbocycles. The number of hydrogen-bond donors (Lipinski definition) is 0. The van der Waals surface area contributed by atoms with E-state index < -0.39 is 0 Å². The Hall–Kier alpha value is -3.14. The van der Waals surface area contributed by atoms with Gasteiger partial charge in [-0.15, -0.1) is 56.7 Å². The van der Waals surface area contributed by atoms with Gasteiger partial charge in [0.05, 0.1) is 38.4 Å². The lowest BCUT2D eigenvalue weighted by molar-refractivity contribution is 0.667. The van der Waals surface area contributed by atoms with Crippen LogP contribution in [0.2, 0.25) is 0 Å². The van der Waals surface area contributed by atoms with Gasteiger partial charge in [-0.3, -0.25) is 0 Å². The molecule has 0 saturated heterocycles. The van der Waals surface area contributed by atoms with Crippen LogP contribution in [0.4, 0.5) is 0 Å². The highest BCUT2D eigenvalue weighted by Crippen LogP contribution is 2.52. The van der Waals surface area contributed by atoms with Crippen LogP contribution in [-0.4, -0.2) is 4.57 Å². The first-order valence-electron chi connectivity index (χ1n) is 12.7. The van der Waals surface area contributed by atoms with Gasteiger partial charge in [0.25, 0.3) is 0 Å². The van der Waals surface area contributed by atoms with Gasteiger partial charge in [-0.1, -0.05) is 17.7 Å². The van der Waals surface area contributed by atoms with Gasteiger partial charge < -0.3 is 13.4 Å². The van der Waals surface area contributed by atoms with Crippen molar-refractivity contribution < 1.29 is 8.83 Å². The van der Waals surface area contributed by atoms with E-state index in [1.807, 2.05) is 56.7 Å². The molecule has 8 heteroatoms. The smallest absolute Gasteiger partial charge is 0.170 e. The standard InChI is InChI=1S/C31H17NO2S5/c1-12-4-6-15(7-5-12)32-18-8-13(2)35-27(18)29-22(32)23-25(38-29)16-10-20-17(11-19(16)33-23)26-24(34-20)30-31(39-26)28-21(37-30)9-14(3)36-28/h4-11H,1-3H3. The largest absolute Gasteiger partial charge is 0.454 e. The Morgan fingerprint density at radius 2 is 1.23 bits per heavy atom. The van der Waals surface area contributed by atoms with E-state index in [-0.39, 0.29) is 0 Å². The Kier molecular flexibility index (Phi) is 3.96. The molecule has 0 saturated carbocycles. The molecule has 0 unspecified atom stereocenters. The third-order valence-corrected chi connectivity index (χ3v) is 13.9. The maximum atomic E-state index is 6.74. The van der Waals surface area contributed by atoms with E-state index in [1.54, 1.807) is 0 Å². The average molecular weight is 596 g/mol. The van der Waals surface area contributed by atoms with E-state index in [4.69, 9.17) is 8.83 Å². The Balaban J connectivity index is 1.29. The van der Waals surface area contributed by atoms with Crippen LogP contribution < -0.4 is 0 Å². The molecule has 0 radical (unpaired) electrons. The lowest BCUT2D eigenvalue weighted by Crippen LogP contribution is -1.92. The van der Waals surface area contributed by atoms with Gasteiger partial charge >= 0.3 is 0 Å². The van der Waals surface area contributed by atoms with Gasteiger partial charge in [-0.25, -0.2) is 0 Å². The summed E-state index contributed by atoms with van der Waals surface area (Å²) in [6.45, 7) is 6.51. The molecule has 0 spiro atoms. The highest BCUT2D eigenvalue weighted by atomic mass is 32.1. The molecule has 2 aromatic carbocycles. The van der Waals surface area contributed by atoms with Crippen LogP contribution in [0, 0.1) is 20.8 Å². The fraction of sp³-hybridized carbons (Fsp3) is 0.0968. The van der Waals surface area contributed by atoms with Crippen molar-refractivity contribution in [2.24, 2.45) is 0 Å². The van der Waals surface area contributed by atoms with Crippen molar-refractivity contribution in [1.82, 2.24) is 4.57 Å². The summed E-state index contributed by atoms with van der Waals surface area (Å²) in [5, 5.41) is 2.28. The Morgan fingerprint density at radius 3 is 2.03 bits per heavy atom. The molecule has 0 atom stereocenters. The van der Waals surface area contributed by atoms with E-state index in [0.29, 0.717) is 0 Å². The van der Waals surface area contributed by atoms with E-state index in [0.717, 1.165) is 33.1 Å². The summed E-state index contributed by atoms with van der Waals surface area (Å²) < 4.78 is 26.2. The Morgan fingerprint density at radius 1 is 0.564 bits per heavy atom. The first kappa shape index (κ1) is 21.7. The Bertz CT molecular complexity index is 2630. The lowest BCUT2D eigenvalue weighted by Gasteiger charge is -2.06. The summed E-state index contributed by atoms with van der Waals surface area (Å²) >= 11 is 9.31. The number of thiophene rings is 5. The minimum atomic E-state index is 0.929. The lowest BCUT2D eigenvalue weighted by atomic mass is 10.2. The molecule has 10 aromatic rings. The van der Waals surface area contributed by atoms with E-state index in [9.17, 15) is 0 Å². The van der Waals surface area contributed by atoms with Gasteiger partial charge in [0.1, 0.15) is 16.7 Å². The molecule has 3 nitrogen and oxygen atoms in total. The summed E-state index contributed by atoms with van der Waals surface area (Å²) in [7, 11) is 0. The normalized spacial score (nSPS) is 13.0. The minimum absolute atomic E-state index is 0.929. The second-order valence-corrected chi connectivity index (χ2v) is 15.9. The van der Waals surface area contributed by atoms with Gasteiger partial charge in [0, 0.05) is 30.9 Å². The average Bonchev–Trinajstić information content (AvgIpc) is 3.74. The number of fused-ring (bicyclic) bond motifs is 14. The van der Waals surface area contributed by atoms with Crippen LogP contribution in [0.1, 0.15) is 15.3 Å². The second kappa shape index (κ2) is 7.13. The quantitative estimate of drug-likeness (QED) is 0.189. The minimum Gasteiger partial charge on any atom is -0.454 e. The molecule has 0 N–H and O–H groups in total. The molecule has 0 aliphatic heterocycles. The fourth-order valence-corrected chi connectivity index (χ4v) is 12.4. The van der Waals surface area contributed by atoms with E-state index in [1.165, 1.54) is 69.6 Å². The highest BCUT2D eigenvalue weighted by Gasteiger charge is 2.25. The van der Waals surface area contributed by atoms with Crippen molar-refractivity contribution in [2.45, 2.75) is 20.8 Å². The van der Waals surface area contributed by atoms with Gasteiger partial charge in [0.2, 0.25) is 0 Å². The molecule has 0 aliphatic rings. The number of aryl methyl sites for hydroxylation is 3. The van der Waals surface area contributed by atoms with Gasteiger partial charge in [-0.05, 0) is 57.2 Å². The zero-order valence-electron chi connectivity index (χ0n) is 20.9. The van der Waals surface area contributed by atoms with Crippen LogP contribution in [0.5, 0.6) is 0 Å². The fourth-order valence-electron chi connectivity index (χ4n) is 6.00. The highest BCUT2D eigenvalue weighted by molar-refractivity contribution is 7.41. The number of nitrogens with zero attached hydrogens (tertiary/aromatic N) is 1. The molecule has 39 heavy (non-hydrogen) atoms. The maximum absolute atomic E-state index is 6.74. The zero-order valence-corrected chi connectivity index (χ0v) is 25.0. The summed E-state index contributed by atoms with van der Waals surface area (Å²) in [5.41, 5.74) is 8.73. The summed E-state index contributed by atoms with van der Waals surface area (Å²) in [5.74, 6) is 0. The molecular weight excluding hydrogens is 579 g/mol. The van der Waals surface area contributed by atoms with Crippen molar-refractivity contribution in [1.29, 1.82) is 0 Å². The number of aromatic nitrogens is 1. The summed E-state index contributed by atoms with van der Waals surface area (Å²) in [6.07, 6.45) is 0. The van der Waals surface area contributed by atoms with Crippen LogP contribution in [0.25, 0.3) is 87.4 Å². The number of furan rings is 2. The maximum Gasteiger partial charge on any atom is 0.170 e. The topological polar surface area (TPSA) is 31.2 Å². The first-order valence-corrected chi connectivity index (χ1v) is 16.7. The van der Waals surface area contributed by atoms with Crippen molar-refractivity contribution in [3.05, 3.63) is 63.8 Å². The third-order valence-electron chi connectivity index (χ3n) is 7.70. The third kappa shape index (κ3) is 2.66. The summed E-state index contributed by atoms with van der Waals surface area (Å²) in [4.78, 5) is 2.69. The van der Waals surface area contributed by atoms with E-state index >= 15 is 0 Å². The zero-order chi connectivity index (χ0) is 25.7. The molecule has 8 aromatic heterocycles. The van der Waals surface area contributed by atoms with Crippen LogP contribution in [0.15, 0.2) is 57.4 Å². The molecule has 0 bridgehead atoms. The molecule has 0 amide bonds. The van der Waals surface area contributed by atoms with Crippen molar-refractivity contribution in [3.8, 4) is 5.69 Å². The number of benzene rings is 2. The Labute approximate surface area is 240 Å². The van der Waals surface area contributed by atoms with Crippen LogP contribution >= 0.6 is 56.7 Å². The van der Waals surface area contributed by atoms with Crippen molar-refractivity contribution in [3.63, 3.8) is 0 Å². The van der Waals surface area contributed by atoms with E-state index in [2.05, 4.69) is 73.9 Å². The van der Waals surface area contributed by atoms with Crippen molar-refractivity contribution >= 4 is 138 Å². The van der Waals surface area contributed by atoms with Crippen LogP contribution in [0.3, 0.4) is 0 Å². The monoisotopic (exact) mass is 595 g/mol. The summed E-state index contributed by atoms with van der Waals surface area (Å²) in [6, 6.07) is 17.8. The SMILES string of the molecule is Cc1ccc(-n2c3cc(C)sc3c3sc4c5cc6oc7c(sc8c9sc(C)cc9sc78)c6cc5oc4c32)cc1. The molecule has 10 rings (SSSR count). The number of hydrogen-bond acceptors (Lipinski definition) is 7. The second-order valence-electron chi connectivity index (χ2n) is 10.3. The molecule has 8 heterocycles. The van der Waals surface area contributed by atoms with Gasteiger partial charge in [-0.2, -0.15) is 0 Å². The predicted molar refractivity (Wildman–Crippen MR) is 174 cm³/mol. The predicted octanol–water partition coefficient (Wildman–Crippen LogP) is 12.1. The van der Waals surface area contributed by atoms with Crippen LogP contribution in [-0.2, 0) is 0 Å². The first-order chi connectivity index (χ1) is 19.0. The molecule has 188 valence electrons. The molecular formula is C31H17NO2S5. The van der Waals surface area contributed by atoms with Crippen molar-refractivity contribution in [2.75, 3.05) is 0 Å². The number of rotatable bonds is 1. The van der Waals surface area contributed by atoms with Gasteiger partial charge in [0.15, 0.2) is 11.2 Å².